The third-order valence-corrected chi connectivity index (χ3v) is 4.76. The summed E-state index contributed by atoms with van der Waals surface area (Å²) < 4.78 is 0. The van der Waals surface area contributed by atoms with E-state index in [4.69, 9.17) is 0 Å². The van der Waals surface area contributed by atoms with Crippen LogP contribution in [0.3, 0.4) is 0 Å². The number of rotatable bonds is 4. The average molecular weight is 435 g/mol. The summed E-state index contributed by atoms with van der Waals surface area (Å²) >= 11 is 0. The molecule has 0 spiro atoms. The number of fused-ring (bicyclic) bond motifs is 3. The van der Waals surface area contributed by atoms with Crippen LogP contribution in [-0.4, -0.2) is 0 Å². The second-order valence-corrected chi connectivity index (χ2v) is 6.10. The Morgan fingerprint density at radius 2 is 1.54 bits per heavy atom. The molecule has 0 saturated carbocycles. The molecule has 2 aromatic rings. The van der Waals surface area contributed by atoms with E-state index in [9.17, 15) is 0 Å². The molecule has 0 aliphatic heterocycles. The maximum atomic E-state index is 2.32. The number of benzene rings is 2. The quantitative estimate of drug-likeness (QED) is 0.511. The van der Waals surface area contributed by atoms with Gasteiger partial charge < -0.3 is 24.8 Å². The van der Waals surface area contributed by atoms with Gasteiger partial charge in [0, 0.05) is 0 Å². The number of halogens is 2. The minimum Gasteiger partial charge on any atom is -1.00 e. The van der Waals surface area contributed by atoms with E-state index in [1.165, 1.54) is 36.0 Å². The van der Waals surface area contributed by atoms with Gasteiger partial charge in [0.05, 0.1) is 0 Å². The third kappa shape index (κ3) is 4.31. The van der Waals surface area contributed by atoms with Crippen molar-refractivity contribution in [1.29, 1.82) is 0 Å². The van der Waals surface area contributed by atoms with Gasteiger partial charge in [-0.3, -0.25) is 0 Å². The summed E-state index contributed by atoms with van der Waals surface area (Å²) in [5.74, 6) is 0.666. The van der Waals surface area contributed by atoms with E-state index in [-0.39, 0.29) is 51.0 Å². The Kier molecular flexibility index (Phi) is 8.71. The Morgan fingerprint density at radius 1 is 0.833 bits per heavy atom. The zero-order chi connectivity index (χ0) is 14.1. The first-order chi connectivity index (χ1) is 10.4. The fraction of sp³-hybridized carbons (Fsp3) is 0.238. The van der Waals surface area contributed by atoms with Crippen LogP contribution in [0.1, 0.15) is 29.5 Å². The van der Waals surface area contributed by atoms with E-state index in [1.807, 2.05) is 0 Å². The van der Waals surface area contributed by atoms with E-state index in [2.05, 4.69) is 66.8 Å². The monoisotopic (exact) mass is 432 g/mol. The minimum absolute atomic E-state index is 0. The van der Waals surface area contributed by atoms with E-state index >= 15 is 0 Å². The molecule has 3 heteroatoms. The summed E-state index contributed by atoms with van der Waals surface area (Å²) in [6.45, 7) is 0. The van der Waals surface area contributed by atoms with Crippen LogP contribution in [0, 0.1) is 5.92 Å². The molecule has 0 saturated heterocycles. The topological polar surface area (TPSA) is 0 Å². The molecule has 0 aromatic heterocycles. The average Bonchev–Trinajstić information content (AvgIpc) is 3.15. The van der Waals surface area contributed by atoms with Crippen LogP contribution in [-0.2, 0) is 39.0 Å². The molecule has 0 radical (unpaired) electrons. The maximum absolute atomic E-state index is 2.32. The van der Waals surface area contributed by atoms with E-state index in [0.29, 0.717) is 5.92 Å². The molecule has 2 aliphatic rings. The first-order valence-corrected chi connectivity index (χ1v) is 7.96. The van der Waals surface area contributed by atoms with Crippen LogP contribution >= 0.6 is 0 Å². The largest absolute Gasteiger partial charge is 2.00 e. The molecule has 0 amide bonds. The zero-order valence-electron chi connectivity index (χ0n) is 13.5. The Bertz CT molecular complexity index is 722. The molecule has 24 heavy (non-hydrogen) atoms. The molecule has 0 atom stereocenters. The van der Waals surface area contributed by atoms with Gasteiger partial charge in [0.25, 0.3) is 0 Å². The molecule has 0 bridgehead atoms. The third-order valence-electron chi connectivity index (χ3n) is 4.76. The van der Waals surface area contributed by atoms with Gasteiger partial charge in [-0.15, -0.1) is 0 Å². The SMILES string of the molecule is C1=CC(CCCc2cccc3c2Cc2ccccc2-3)C=C1.[Cl-].[Cl-].[Zr+2]. The molecule has 0 heterocycles. The molecule has 0 nitrogen and oxygen atoms in total. The maximum Gasteiger partial charge on any atom is 2.00 e. The fourth-order valence-corrected chi connectivity index (χ4v) is 3.66. The molecular formula is C21H20Cl2Zr. The summed E-state index contributed by atoms with van der Waals surface area (Å²) in [6, 6.07) is 15.7. The van der Waals surface area contributed by atoms with Crippen molar-refractivity contribution in [1.82, 2.24) is 0 Å². The van der Waals surface area contributed by atoms with Crippen molar-refractivity contribution in [2.24, 2.45) is 5.92 Å². The molecule has 0 fully saturated rings. The van der Waals surface area contributed by atoms with E-state index in [1.54, 1.807) is 11.1 Å². The second-order valence-electron chi connectivity index (χ2n) is 6.10. The predicted molar refractivity (Wildman–Crippen MR) is 89.4 cm³/mol. The molecule has 0 N–H and O–H groups in total. The normalized spacial score (nSPS) is 13.5. The summed E-state index contributed by atoms with van der Waals surface area (Å²) in [6.07, 6.45) is 13.8. The van der Waals surface area contributed by atoms with Gasteiger partial charge >= 0.3 is 26.2 Å². The van der Waals surface area contributed by atoms with Gasteiger partial charge in [-0.1, -0.05) is 66.8 Å². The Morgan fingerprint density at radius 3 is 2.33 bits per heavy atom. The van der Waals surface area contributed by atoms with Gasteiger partial charge in [-0.2, -0.15) is 0 Å². The van der Waals surface area contributed by atoms with Crippen molar-refractivity contribution >= 4 is 0 Å². The summed E-state index contributed by atoms with van der Waals surface area (Å²) in [4.78, 5) is 0. The molecule has 2 aliphatic carbocycles. The van der Waals surface area contributed by atoms with Crippen molar-refractivity contribution in [3.8, 4) is 11.1 Å². The molecule has 0 unspecified atom stereocenters. The van der Waals surface area contributed by atoms with Crippen molar-refractivity contribution < 1.29 is 51.0 Å². The standard InChI is InChI=1S/C21H20.2ClH.Zr/c1-2-8-16(7-1)9-5-11-17-12-6-14-20-19-13-4-3-10-18(19)15-21(17)20;;;/h1-4,6-8,10,12-14,16H,5,9,11,15H2;2*1H;/q;;;+2/p-2. The van der Waals surface area contributed by atoms with Gasteiger partial charge in [0.15, 0.2) is 0 Å². The summed E-state index contributed by atoms with van der Waals surface area (Å²) in [5.41, 5.74) is 7.51. The Hall–Kier alpha value is -0.617. The van der Waals surface area contributed by atoms with Crippen LogP contribution in [0.2, 0.25) is 0 Å². The van der Waals surface area contributed by atoms with E-state index in [0.717, 1.165) is 6.42 Å². The van der Waals surface area contributed by atoms with Crippen molar-refractivity contribution in [3.05, 3.63) is 83.5 Å². The van der Waals surface area contributed by atoms with Crippen LogP contribution < -0.4 is 24.8 Å². The van der Waals surface area contributed by atoms with Gasteiger partial charge in [0.2, 0.25) is 0 Å². The van der Waals surface area contributed by atoms with Crippen LogP contribution in [0.25, 0.3) is 11.1 Å². The Labute approximate surface area is 176 Å². The van der Waals surface area contributed by atoms with E-state index < -0.39 is 0 Å². The van der Waals surface area contributed by atoms with Gasteiger partial charge in [0.1, 0.15) is 0 Å². The number of aryl methyl sites for hydroxylation is 1. The van der Waals surface area contributed by atoms with Crippen molar-refractivity contribution in [2.75, 3.05) is 0 Å². The number of allylic oxidation sites excluding steroid dienone is 4. The first-order valence-electron chi connectivity index (χ1n) is 7.96. The van der Waals surface area contributed by atoms with Gasteiger partial charge in [-0.05, 0) is 59.4 Å². The molecular weight excluding hydrogens is 414 g/mol. The van der Waals surface area contributed by atoms with Crippen LogP contribution in [0.15, 0.2) is 66.8 Å². The molecule has 4 rings (SSSR count). The Balaban J connectivity index is 0.000000960. The number of hydrogen-bond donors (Lipinski definition) is 0. The smallest absolute Gasteiger partial charge is 1.00 e. The van der Waals surface area contributed by atoms with Crippen molar-refractivity contribution in [3.63, 3.8) is 0 Å². The first kappa shape index (κ1) is 21.4. The minimum atomic E-state index is 0. The predicted octanol–water partition coefficient (Wildman–Crippen LogP) is -0.672. The summed E-state index contributed by atoms with van der Waals surface area (Å²) in [5, 5.41) is 0. The molecule has 122 valence electrons. The second kappa shape index (κ2) is 9.76. The zero-order valence-corrected chi connectivity index (χ0v) is 17.5. The van der Waals surface area contributed by atoms with Crippen LogP contribution in [0.5, 0.6) is 0 Å². The van der Waals surface area contributed by atoms with Gasteiger partial charge in [-0.25, -0.2) is 0 Å². The number of hydrogen-bond acceptors (Lipinski definition) is 0. The molecule has 2 aromatic carbocycles. The van der Waals surface area contributed by atoms with Crippen LogP contribution in [0.4, 0.5) is 0 Å². The van der Waals surface area contributed by atoms with Crippen molar-refractivity contribution in [2.45, 2.75) is 25.7 Å². The summed E-state index contributed by atoms with van der Waals surface area (Å²) in [7, 11) is 0. The fourth-order valence-electron chi connectivity index (χ4n) is 3.66.